The maximum Gasteiger partial charge on any atom is 0.326 e. The van der Waals surface area contributed by atoms with Crippen molar-refractivity contribution < 1.29 is 24.6 Å². The summed E-state index contributed by atoms with van der Waals surface area (Å²) in [4.78, 5) is 39.0. The molecule has 0 aliphatic carbocycles. The lowest BCUT2D eigenvalue weighted by Gasteiger charge is -2.16. The molecule has 2 atom stereocenters. The van der Waals surface area contributed by atoms with Crippen molar-refractivity contribution in [2.24, 2.45) is 5.73 Å². The van der Waals surface area contributed by atoms with Gasteiger partial charge in [0.15, 0.2) is 0 Å². The molecule has 2 amide bonds. The predicted octanol–water partition coefficient (Wildman–Crippen LogP) is 0.672. The van der Waals surface area contributed by atoms with E-state index in [-0.39, 0.29) is 25.1 Å². The van der Waals surface area contributed by atoms with Crippen LogP contribution >= 0.6 is 0 Å². The van der Waals surface area contributed by atoms with Gasteiger partial charge in [0, 0.05) is 23.5 Å². The van der Waals surface area contributed by atoms with Crippen molar-refractivity contribution in [2.45, 2.75) is 24.9 Å². The number of aliphatic carboxylic acids is 1. The molecule has 31 heavy (non-hydrogen) atoms. The van der Waals surface area contributed by atoms with E-state index in [2.05, 4.69) is 15.6 Å². The molecular formula is C22H24N4O5. The summed E-state index contributed by atoms with van der Waals surface area (Å²) in [5, 5.41) is 24.5. The van der Waals surface area contributed by atoms with Crippen LogP contribution in [0, 0.1) is 0 Å². The molecule has 0 saturated carbocycles. The van der Waals surface area contributed by atoms with Crippen LogP contribution in [0.3, 0.4) is 0 Å². The molecular weight excluding hydrogens is 400 g/mol. The van der Waals surface area contributed by atoms with Crippen LogP contribution in [0.2, 0.25) is 0 Å². The van der Waals surface area contributed by atoms with Gasteiger partial charge in [-0.25, -0.2) is 4.79 Å². The van der Waals surface area contributed by atoms with Crippen LogP contribution in [0.15, 0.2) is 54.7 Å². The highest BCUT2D eigenvalue weighted by atomic mass is 16.4. The molecule has 0 fully saturated rings. The van der Waals surface area contributed by atoms with E-state index in [0.717, 1.165) is 16.5 Å². The third kappa shape index (κ3) is 5.83. The molecule has 9 heteroatoms. The summed E-state index contributed by atoms with van der Waals surface area (Å²) < 4.78 is 0. The topological polar surface area (TPSA) is 158 Å². The number of aromatic nitrogens is 1. The van der Waals surface area contributed by atoms with E-state index in [1.165, 1.54) is 12.1 Å². The number of rotatable bonds is 9. The molecule has 0 saturated heterocycles. The predicted molar refractivity (Wildman–Crippen MR) is 114 cm³/mol. The summed E-state index contributed by atoms with van der Waals surface area (Å²) in [5.41, 5.74) is 8.45. The number of nitrogens with one attached hydrogen (secondary N) is 3. The number of hydrogen-bond acceptors (Lipinski definition) is 5. The molecule has 2 aromatic carbocycles. The number of carboxylic acids is 1. The fourth-order valence-electron chi connectivity index (χ4n) is 3.24. The highest BCUT2D eigenvalue weighted by Crippen LogP contribution is 2.18. The quantitative estimate of drug-likeness (QED) is 0.296. The molecule has 0 bridgehead atoms. The molecule has 0 spiro atoms. The van der Waals surface area contributed by atoms with Crippen molar-refractivity contribution in [1.29, 1.82) is 0 Å². The molecule has 3 aromatic rings. The van der Waals surface area contributed by atoms with E-state index >= 15 is 0 Å². The zero-order valence-corrected chi connectivity index (χ0v) is 16.7. The average Bonchev–Trinajstić information content (AvgIpc) is 3.15. The van der Waals surface area contributed by atoms with Crippen LogP contribution < -0.4 is 16.4 Å². The average molecular weight is 424 g/mol. The van der Waals surface area contributed by atoms with Gasteiger partial charge in [-0.1, -0.05) is 30.3 Å². The number of hydrogen-bond donors (Lipinski definition) is 6. The van der Waals surface area contributed by atoms with Crippen LogP contribution in [0.1, 0.15) is 11.1 Å². The summed E-state index contributed by atoms with van der Waals surface area (Å²) in [6.45, 7) is -0.389. The molecule has 1 aromatic heterocycles. The Balaban J connectivity index is 1.50. The van der Waals surface area contributed by atoms with Crippen LogP contribution in [0.5, 0.6) is 5.75 Å². The minimum absolute atomic E-state index is 0.0371. The van der Waals surface area contributed by atoms with Gasteiger partial charge in [0.05, 0.1) is 12.6 Å². The van der Waals surface area contributed by atoms with Crippen molar-refractivity contribution >= 4 is 28.7 Å². The van der Waals surface area contributed by atoms with Gasteiger partial charge in [0.25, 0.3) is 0 Å². The number of amides is 2. The molecule has 0 unspecified atom stereocenters. The first-order chi connectivity index (χ1) is 14.8. The molecule has 162 valence electrons. The number of aromatic hydroxyl groups is 1. The van der Waals surface area contributed by atoms with Crippen molar-refractivity contribution in [3.05, 3.63) is 65.9 Å². The number of fused-ring (bicyclic) bond motifs is 1. The second-order valence-electron chi connectivity index (χ2n) is 7.22. The normalized spacial score (nSPS) is 12.8. The van der Waals surface area contributed by atoms with Gasteiger partial charge in [-0.05, 0) is 35.7 Å². The number of phenolic OH excluding ortho intramolecular Hbond substituents is 1. The van der Waals surface area contributed by atoms with E-state index in [9.17, 15) is 24.6 Å². The SMILES string of the molecule is N[C@H](Cc1c[nH]c2ccccc12)C(=O)NCC(=O)N[C@H](Cc1ccc(O)cc1)C(=O)O. The number of carbonyl (C=O) groups is 3. The minimum Gasteiger partial charge on any atom is -0.508 e. The zero-order valence-electron chi connectivity index (χ0n) is 16.7. The Morgan fingerprint density at radius 3 is 2.45 bits per heavy atom. The van der Waals surface area contributed by atoms with Crippen LogP contribution in [-0.4, -0.2) is 51.6 Å². The van der Waals surface area contributed by atoms with Gasteiger partial charge >= 0.3 is 5.97 Å². The van der Waals surface area contributed by atoms with Gasteiger partial charge < -0.3 is 31.6 Å². The fraction of sp³-hybridized carbons (Fsp3) is 0.227. The van der Waals surface area contributed by atoms with Crippen molar-refractivity contribution in [1.82, 2.24) is 15.6 Å². The number of carboxylic acid groups (broad SMARTS) is 1. The third-order valence-corrected chi connectivity index (χ3v) is 4.88. The summed E-state index contributed by atoms with van der Waals surface area (Å²) in [6, 6.07) is 11.6. The first kappa shape index (κ1) is 21.8. The number of benzene rings is 2. The monoisotopic (exact) mass is 424 g/mol. The smallest absolute Gasteiger partial charge is 0.326 e. The number of nitrogens with two attached hydrogens (primary N) is 1. The van der Waals surface area contributed by atoms with E-state index < -0.39 is 29.9 Å². The van der Waals surface area contributed by atoms with E-state index in [1.54, 1.807) is 18.3 Å². The van der Waals surface area contributed by atoms with E-state index in [4.69, 9.17) is 5.73 Å². The summed E-state index contributed by atoms with van der Waals surface area (Å²) in [7, 11) is 0. The first-order valence-electron chi connectivity index (χ1n) is 9.72. The largest absolute Gasteiger partial charge is 0.508 e. The van der Waals surface area contributed by atoms with Crippen molar-refractivity contribution in [3.8, 4) is 5.75 Å². The number of aromatic amines is 1. The summed E-state index contributed by atoms with van der Waals surface area (Å²) in [5.74, 6) is -2.29. The third-order valence-electron chi connectivity index (χ3n) is 4.88. The van der Waals surface area contributed by atoms with Crippen LogP contribution in [0.25, 0.3) is 10.9 Å². The summed E-state index contributed by atoms with van der Waals surface area (Å²) in [6.07, 6.45) is 2.12. The maximum absolute atomic E-state index is 12.3. The Kier molecular flexibility index (Phi) is 6.88. The van der Waals surface area contributed by atoms with Gasteiger partial charge in [-0.15, -0.1) is 0 Å². The standard InChI is InChI=1S/C22H24N4O5/c23-17(10-14-11-24-18-4-2-1-3-16(14)18)21(29)25-12-20(28)26-19(22(30)31)9-13-5-7-15(27)8-6-13/h1-8,11,17,19,24,27H,9-10,12,23H2,(H,25,29)(H,26,28)(H,30,31)/t17-,19-/m1/s1. The minimum atomic E-state index is -1.20. The lowest BCUT2D eigenvalue weighted by molar-refractivity contribution is -0.141. The zero-order chi connectivity index (χ0) is 22.4. The molecule has 3 rings (SSSR count). The Morgan fingerprint density at radius 2 is 1.74 bits per heavy atom. The van der Waals surface area contributed by atoms with E-state index in [0.29, 0.717) is 5.56 Å². The highest BCUT2D eigenvalue weighted by Gasteiger charge is 2.22. The Bertz CT molecular complexity index is 1080. The molecule has 0 radical (unpaired) electrons. The Morgan fingerprint density at radius 1 is 1.03 bits per heavy atom. The second kappa shape index (κ2) is 9.77. The molecule has 0 aliphatic heterocycles. The van der Waals surface area contributed by atoms with Gasteiger partial charge in [-0.3, -0.25) is 9.59 Å². The summed E-state index contributed by atoms with van der Waals surface area (Å²) >= 11 is 0. The van der Waals surface area contributed by atoms with Crippen LogP contribution in [0.4, 0.5) is 0 Å². The molecule has 9 nitrogen and oxygen atoms in total. The lowest BCUT2D eigenvalue weighted by Crippen LogP contribution is -2.49. The second-order valence-corrected chi connectivity index (χ2v) is 7.22. The van der Waals surface area contributed by atoms with Crippen molar-refractivity contribution in [3.63, 3.8) is 0 Å². The number of para-hydroxylation sites is 1. The fourth-order valence-corrected chi connectivity index (χ4v) is 3.24. The number of phenols is 1. The van der Waals surface area contributed by atoms with Gasteiger partial charge in [-0.2, -0.15) is 0 Å². The molecule has 7 N–H and O–H groups in total. The van der Waals surface area contributed by atoms with Crippen LogP contribution in [-0.2, 0) is 27.2 Å². The van der Waals surface area contributed by atoms with Gasteiger partial charge in [0.1, 0.15) is 11.8 Å². The maximum atomic E-state index is 12.3. The van der Waals surface area contributed by atoms with Crippen molar-refractivity contribution in [2.75, 3.05) is 6.54 Å². The lowest BCUT2D eigenvalue weighted by atomic mass is 10.0. The van der Waals surface area contributed by atoms with E-state index in [1.807, 2.05) is 24.3 Å². The molecule has 0 aliphatic rings. The number of carbonyl (C=O) groups excluding carboxylic acids is 2. The number of H-pyrrole nitrogens is 1. The highest BCUT2D eigenvalue weighted by molar-refractivity contribution is 5.90. The Labute approximate surface area is 178 Å². The first-order valence-corrected chi connectivity index (χ1v) is 9.72. The Hall–Kier alpha value is -3.85. The van der Waals surface area contributed by atoms with Gasteiger partial charge in [0.2, 0.25) is 11.8 Å². The molecule has 1 heterocycles.